The quantitative estimate of drug-likeness (QED) is 0.847. The van der Waals surface area contributed by atoms with Crippen LogP contribution in [-0.2, 0) is 6.54 Å². The van der Waals surface area contributed by atoms with E-state index < -0.39 is 0 Å². The van der Waals surface area contributed by atoms with Crippen molar-refractivity contribution < 1.29 is 13.9 Å². The number of hydrogen-bond donors (Lipinski definition) is 1. The van der Waals surface area contributed by atoms with Crippen LogP contribution in [0.15, 0.2) is 36.5 Å². The van der Waals surface area contributed by atoms with Gasteiger partial charge >= 0.3 is 0 Å². The van der Waals surface area contributed by atoms with E-state index in [1.54, 1.807) is 12.1 Å². The zero-order chi connectivity index (χ0) is 15.1. The first-order chi connectivity index (χ1) is 10.2. The van der Waals surface area contributed by atoms with Gasteiger partial charge in [-0.15, -0.1) is 0 Å². The number of halogens is 1. The van der Waals surface area contributed by atoms with E-state index in [4.69, 9.17) is 9.47 Å². The van der Waals surface area contributed by atoms with Crippen LogP contribution in [0.2, 0.25) is 0 Å². The number of nitrogens with one attached hydrogen (secondary N) is 1. The second-order valence-electron chi connectivity index (χ2n) is 4.40. The highest BCUT2D eigenvalue weighted by molar-refractivity contribution is 5.36. The lowest BCUT2D eigenvalue weighted by atomic mass is 10.2. The minimum Gasteiger partial charge on any atom is -0.494 e. The predicted octanol–water partition coefficient (Wildman–Crippen LogP) is 3.52. The Morgan fingerprint density at radius 3 is 2.52 bits per heavy atom. The van der Waals surface area contributed by atoms with Gasteiger partial charge in [0.2, 0.25) is 5.88 Å². The molecule has 1 N–H and O–H groups in total. The maximum absolute atomic E-state index is 13.3. The highest BCUT2D eigenvalue weighted by atomic mass is 19.1. The summed E-state index contributed by atoms with van der Waals surface area (Å²) in [7, 11) is 0. The minimum absolute atomic E-state index is 0.373. The Bertz CT molecular complexity index is 573. The third-order valence-electron chi connectivity index (χ3n) is 2.81. The molecule has 0 fully saturated rings. The first-order valence-corrected chi connectivity index (χ1v) is 6.98. The SMILES string of the molecule is CCNCc1cc(F)cnc1Oc1ccc(OCC)cc1. The Morgan fingerprint density at radius 2 is 1.86 bits per heavy atom. The molecule has 2 rings (SSSR count). The average Bonchev–Trinajstić information content (AvgIpc) is 2.49. The van der Waals surface area contributed by atoms with Gasteiger partial charge in [0.1, 0.15) is 17.3 Å². The molecule has 0 saturated carbocycles. The molecular formula is C16H19FN2O2. The molecule has 0 unspecified atom stereocenters. The van der Waals surface area contributed by atoms with Crippen LogP contribution in [0, 0.1) is 5.82 Å². The Labute approximate surface area is 123 Å². The van der Waals surface area contributed by atoms with Crippen LogP contribution < -0.4 is 14.8 Å². The van der Waals surface area contributed by atoms with Crippen LogP contribution in [0.3, 0.4) is 0 Å². The summed E-state index contributed by atoms with van der Waals surface area (Å²) in [5.41, 5.74) is 0.686. The molecule has 0 bridgehead atoms. The number of aromatic nitrogens is 1. The molecule has 0 aliphatic rings. The monoisotopic (exact) mass is 290 g/mol. The molecule has 2 aromatic rings. The smallest absolute Gasteiger partial charge is 0.223 e. The molecule has 0 atom stereocenters. The number of nitrogens with zero attached hydrogens (tertiary/aromatic N) is 1. The van der Waals surface area contributed by atoms with Crippen LogP contribution in [0.5, 0.6) is 17.4 Å². The Hall–Kier alpha value is -2.14. The molecule has 0 spiro atoms. The predicted molar refractivity (Wildman–Crippen MR) is 79.3 cm³/mol. The van der Waals surface area contributed by atoms with Crippen molar-refractivity contribution in [3.8, 4) is 17.4 Å². The third-order valence-corrected chi connectivity index (χ3v) is 2.81. The summed E-state index contributed by atoms with van der Waals surface area (Å²) in [4.78, 5) is 4.02. The van der Waals surface area contributed by atoms with Crippen LogP contribution in [0.1, 0.15) is 19.4 Å². The lowest BCUT2D eigenvalue weighted by Crippen LogP contribution is -2.13. The lowest BCUT2D eigenvalue weighted by molar-refractivity contribution is 0.339. The van der Waals surface area contributed by atoms with Crippen molar-refractivity contribution in [2.45, 2.75) is 20.4 Å². The molecule has 0 aliphatic carbocycles. The number of pyridine rings is 1. The fourth-order valence-electron chi connectivity index (χ4n) is 1.83. The molecule has 0 amide bonds. The van der Waals surface area contributed by atoms with E-state index >= 15 is 0 Å². The van der Waals surface area contributed by atoms with Crippen molar-refractivity contribution in [1.82, 2.24) is 10.3 Å². The number of benzene rings is 1. The fourth-order valence-corrected chi connectivity index (χ4v) is 1.83. The summed E-state index contributed by atoms with van der Waals surface area (Å²) >= 11 is 0. The van der Waals surface area contributed by atoms with Crippen LogP contribution in [0.25, 0.3) is 0 Å². The molecule has 1 aromatic carbocycles. The molecule has 112 valence electrons. The normalized spacial score (nSPS) is 10.4. The van der Waals surface area contributed by atoms with E-state index in [9.17, 15) is 4.39 Å². The largest absolute Gasteiger partial charge is 0.494 e. The zero-order valence-corrected chi connectivity index (χ0v) is 12.2. The van der Waals surface area contributed by atoms with Crippen LogP contribution in [0.4, 0.5) is 4.39 Å². The number of hydrogen-bond acceptors (Lipinski definition) is 4. The Balaban J connectivity index is 2.14. The van der Waals surface area contributed by atoms with Gasteiger partial charge in [-0.1, -0.05) is 6.92 Å². The summed E-state index contributed by atoms with van der Waals surface area (Å²) in [5.74, 6) is 1.45. The molecule has 1 heterocycles. The van der Waals surface area contributed by atoms with Crippen molar-refractivity contribution in [2.24, 2.45) is 0 Å². The highest BCUT2D eigenvalue weighted by Gasteiger charge is 2.08. The van der Waals surface area contributed by atoms with E-state index in [0.717, 1.165) is 18.5 Å². The van der Waals surface area contributed by atoms with Gasteiger partial charge < -0.3 is 14.8 Å². The summed E-state index contributed by atoms with van der Waals surface area (Å²) < 4.78 is 24.4. The molecule has 21 heavy (non-hydrogen) atoms. The van der Waals surface area contributed by atoms with E-state index in [2.05, 4.69) is 10.3 Å². The van der Waals surface area contributed by atoms with E-state index in [-0.39, 0.29) is 5.82 Å². The summed E-state index contributed by atoms with van der Waals surface area (Å²) in [6.07, 6.45) is 1.15. The summed E-state index contributed by atoms with van der Waals surface area (Å²) in [6.45, 7) is 5.83. The van der Waals surface area contributed by atoms with E-state index in [1.807, 2.05) is 26.0 Å². The average molecular weight is 290 g/mol. The Morgan fingerprint density at radius 1 is 1.14 bits per heavy atom. The topological polar surface area (TPSA) is 43.4 Å². The molecular weight excluding hydrogens is 271 g/mol. The van der Waals surface area contributed by atoms with E-state index in [0.29, 0.717) is 30.3 Å². The molecule has 0 saturated heterocycles. The first kappa shape index (κ1) is 15.3. The van der Waals surface area contributed by atoms with Crippen LogP contribution >= 0.6 is 0 Å². The maximum Gasteiger partial charge on any atom is 0.223 e. The van der Waals surface area contributed by atoms with Crippen molar-refractivity contribution in [3.05, 3.63) is 47.9 Å². The Kier molecular flexibility index (Phi) is 5.51. The van der Waals surface area contributed by atoms with Gasteiger partial charge in [-0.05, 0) is 43.8 Å². The van der Waals surface area contributed by atoms with Gasteiger partial charge in [0.15, 0.2) is 0 Å². The van der Waals surface area contributed by atoms with Gasteiger partial charge in [-0.25, -0.2) is 9.37 Å². The fraction of sp³-hybridized carbons (Fsp3) is 0.312. The number of rotatable bonds is 7. The second-order valence-corrected chi connectivity index (χ2v) is 4.40. The van der Waals surface area contributed by atoms with Gasteiger partial charge in [0, 0.05) is 12.1 Å². The summed E-state index contributed by atoms with van der Waals surface area (Å²) in [6, 6.07) is 8.68. The van der Waals surface area contributed by atoms with Crippen molar-refractivity contribution in [1.29, 1.82) is 0 Å². The van der Waals surface area contributed by atoms with Gasteiger partial charge in [0.25, 0.3) is 0 Å². The zero-order valence-electron chi connectivity index (χ0n) is 12.2. The first-order valence-electron chi connectivity index (χ1n) is 6.98. The molecule has 1 aromatic heterocycles. The minimum atomic E-state index is -0.373. The molecule has 0 radical (unpaired) electrons. The van der Waals surface area contributed by atoms with Gasteiger partial charge in [-0.2, -0.15) is 0 Å². The summed E-state index contributed by atoms with van der Waals surface area (Å²) in [5, 5.41) is 3.14. The molecule has 5 heteroatoms. The van der Waals surface area contributed by atoms with Crippen molar-refractivity contribution in [3.63, 3.8) is 0 Å². The molecule has 0 aliphatic heterocycles. The van der Waals surface area contributed by atoms with Crippen molar-refractivity contribution >= 4 is 0 Å². The van der Waals surface area contributed by atoms with Crippen LogP contribution in [-0.4, -0.2) is 18.1 Å². The van der Waals surface area contributed by atoms with Gasteiger partial charge in [0.05, 0.1) is 12.8 Å². The number of ether oxygens (including phenoxy) is 2. The van der Waals surface area contributed by atoms with E-state index in [1.165, 1.54) is 6.07 Å². The highest BCUT2D eigenvalue weighted by Crippen LogP contribution is 2.25. The molecule has 4 nitrogen and oxygen atoms in total. The third kappa shape index (κ3) is 4.43. The van der Waals surface area contributed by atoms with Gasteiger partial charge in [-0.3, -0.25) is 0 Å². The maximum atomic E-state index is 13.3. The lowest BCUT2D eigenvalue weighted by Gasteiger charge is -2.11. The standard InChI is InChI=1S/C16H19FN2O2/c1-3-18-10-12-9-13(17)11-19-16(12)21-15-7-5-14(6-8-15)20-4-2/h5-9,11,18H,3-4,10H2,1-2H3. The van der Waals surface area contributed by atoms with Crippen molar-refractivity contribution in [2.75, 3.05) is 13.2 Å². The second kappa shape index (κ2) is 7.59.